The largest absolute Gasteiger partial charge is 0.384 e. The van der Waals surface area contributed by atoms with Crippen LogP contribution in [0.25, 0.3) is 0 Å². The number of hydrogen-bond donors (Lipinski definition) is 3. The van der Waals surface area contributed by atoms with Gasteiger partial charge in [0.25, 0.3) is 10.0 Å². The predicted molar refractivity (Wildman–Crippen MR) is 117 cm³/mol. The molecule has 168 valence electrons. The van der Waals surface area contributed by atoms with E-state index in [1.165, 1.54) is 31.6 Å². The highest BCUT2D eigenvalue weighted by Crippen LogP contribution is 2.34. The van der Waals surface area contributed by atoms with Crippen LogP contribution in [0.15, 0.2) is 23.2 Å². The minimum Gasteiger partial charge on any atom is -0.384 e. The molecule has 3 N–H and O–H groups in total. The van der Waals surface area contributed by atoms with Crippen molar-refractivity contribution < 1.29 is 18.3 Å². The molecule has 2 amide bonds. The highest BCUT2D eigenvalue weighted by Gasteiger charge is 2.28. The first-order valence-corrected chi connectivity index (χ1v) is 11.3. The van der Waals surface area contributed by atoms with Crippen LogP contribution in [0, 0.1) is 11.3 Å². The lowest BCUT2D eigenvalue weighted by molar-refractivity contribution is 0.0695. The first-order valence-electron chi connectivity index (χ1n) is 9.86. The van der Waals surface area contributed by atoms with Crippen LogP contribution in [0.3, 0.4) is 0 Å². The fourth-order valence-corrected chi connectivity index (χ4v) is 4.16. The molecule has 0 bridgehead atoms. The summed E-state index contributed by atoms with van der Waals surface area (Å²) in [6, 6.07) is 5.78. The van der Waals surface area contributed by atoms with E-state index in [1.807, 2.05) is 32.4 Å². The van der Waals surface area contributed by atoms with E-state index in [-0.39, 0.29) is 22.6 Å². The van der Waals surface area contributed by atoms with Gasteiger partial charge in [-0.15, -0.1) is 0 Å². The Bertz CT molecular complexity index is 1110. The van der Waals surface area contributed by atoms with Gasteiger partial charge in [-0.3, -0.25) is 4.68 Å². The van der Waals surface area contributed by atoms with Crippen molar-refractivity contribution in [3.8, 4) is 6.07 Å². The standard InChI is InChI=1S/C21H29N5O4S/c1-12(2)15-8-14(11-22)9-16(13(3)4)19(15)23-20(27)25-31(29,30)18-10-17(21(5,6)28)26(7)24-18/h8-10,12-13,28H,1-7H3,(H2,23,25,27). The average molecular weight is 448 g/mol. The molecule has 2 rings (SSSR count). The van der Waals surface area contributed by atoms with Crippen LogP contribution in [0.2, 0.25) is 0 Å². The number of carbonyl (C=O) groups is 1. The Balaban J connectivity index is 2.39. The fraction of sp³-hybridized carbons (Fsp3) is 0.476. The first kappa shape index (κ1) is 24.4. The molecule has 0 unspecified atom stereocenters. The Hall–Kier alpha value is -2.90. The number of aromatic nitrogens is 2. The Labute approximate surface area is 183 Å². The lowest BCUT2D eigenvalue weighted by Gasteiger charge is -2.21. The van der Waals surface area contributed by atoms with Gasteiger partial charge in [-0.25, -0.2) is 9.52 Å². The maximum atomic E-state index is 12.7. The Morgan fingerprint density at radius 3 is 2.06 bits per heavy atom. The fourth-order valence-electron chi connectivity index (χ4n) is 3.27. The Kier molecular flexibility index (Phi) is 6.83. The van der Waals surface area contributed by atoms with Crippen molar-refractivity contribution in [2.75, 3.05) is 5.32 Å². The second-order valence-corrected chi connectivity index (χ2v) is 10.2. The topological polar surface area (TPSA) is 137 Å². The number of nitrogens with zero attached hydrogens (tertiary/aromatic N) is 3. The van der Waals surface area contributed by atoms with E-state index in [0.717, 1.165) is 11.1 Å². The maximum absolute atomic E-state index is 12.7. The molecule has 0 aliphatic heterocycles. The summed E-state index contributed by atoms with van der Waals surface area (Å²) in [6.45, 7) is 10.7. The van der Waals surface area contributed by atoms with Crippen LogP contribution >= 0.6 is 0 Å². The Morgan fingerprint density at radius 1 is 1.16 bits per heavy atom. The molecule has 1 heterocycles. The number of urea groups is 1. The molecule has 0 fully saturated rings. The Morgan fingerprint density at radius 2 is 1.68 bits per heavy atom. The van der Waals surface area contributed by atoms with Crippen LogP contribution in [-0.2, 0) is 22.7 Å². The summed E-state index contributed by atoms with van der Waals surface area (Å²) in [7, 11) is -2.77. The number of carbonyl (C=O) groups excluding carboxylic acids is 1. The van der Waals surface area contributed by atoms with E-state index >= 15 is 0 Å². The molecule has 0 spiro atoms. The molecule has 2 aromatic rings. The van der Waals surface area contributed by atoms with E-state index in [2.05, 4.69) is 16.5 Å². The molecule has 0 saturated heterocycles. The molecule has 0 saturated carbocycles. The molecule has 0 aliphatic carbocycles. The smallest absolute Gasteiger partial charge is 0.333 e. The highest BCUT2D eigenvalue weighted by atomic mass is 32.2. The molecule has 0 atom stereocenters. The number of nitrogens with one attached hydrogen (secondary N) is 2. The number of benzene rings is 1. The van der Waals surface area contributed by atoms with E-state index in [1.54, 1.807) is 12.1 Å². The maximum Gasteiger partial charge on any atom is 0.333 e. The zero-order valence-corrected chi connectivity index (χ0v) is 19.6. The molecular formula is C21H29N5O4S. The molecule has 31 heavy (non-hydrogen) atoms. The zero-order valence-electron chi connectivity index (χ0n) is 18.8. The van der Waals surface area contributed by atoms with Crippen molar-refractivity contribution in [1.29, 1.82) is 5.26 Å². The third kappa shape index (κ3) is 5.42. The summed E-state index contributed by atoms with van der Waals surface area (Å²) in [4.78, 5) is 12.6. The van der Waals surface area contributed by atoms with E-state index < -0.39 is 21.7 Å². The van der Waals surface area contributed by atoms with Gasteiger partial charge in [0.2, 0.25) is 0 Å². The predicted octanol–water partition coefficient (Wildman–Crippen LogP) is 3.28. The number of anilines is 1. The number of rotatable bonds is 6. The summed E-state index contributed by atoms with van der Waals surface area (Å²) < 4.78 is 28.6. The van der Waals surface area contributed by atoms with E-state index in [4.69, 9.17) is 0 Å². The molecular weight excluding hydrogens is 418 g/mol. The molecule has 1 aromatic heterocycles. The zero-order chi connectivity index (χ0) is 23.7. The number of aliphatic hydroxyl groups is 1. The number of sulfonamides is 1. The SMILES string of the molecule is CC(C)c1cc(C#N)cc(C(C)C)c1NC(=O)NS(=O)(=O)c1cc(C(C)(C)O)n(C)n1. The van der Waals surface area contributed by atoms with Gasteiger partial charge >= 0.3 is 6.03 Å². The van der Waals surface area contributed by atoms with Gasteiger partial charge in [0.15, 0.2) is 5.03 Å². The number of hydrogen-bond acceptors (Lipinski definition) is 6. The molecule has 9 nitrogen and oxygen atoms in total. The van der Waals surface area contributed by atoms with E-state index in [0.29, 0.717) is 11.3 Å². The summed E-state index contributed by atoms with van der Waals surface area (Å²) in [5.74, 6) is -0.0225. The normalized spacial score (nSPS) is 12.2. The third-order valence-electron chi connectivity index (χ3n) is 4.80. The van der Waals surface area contributed by atoms with Crippen molar-refractivity contribution in [3.63, 3.8) is 0 Å². The quantitative estimate of drug-likeness (QED) is 0.621. The second-order valence-electron chi connectivity index (χ2n) is 8.56. The third-order valence-corrected chi connectivity index (χ3v) is 6.00. The van der Waals surface area contributed by atoms with Gasteiger partial charge in [0.1, 0.15) is 5.60 Å². The molecule has 0 aliphatic rings. The van der Waals surface area contributed by atoms with Gasteiger partial charge < -0.3 is 10.4 Å². The van der Waals surface area contributed by atoms with Crippen LogP contribution in [-0.4, -0.2) is 29.3 Å². The monoisotopic (exact) mass is 447 g/mol. The van der Waals surface area contributed by atoms with Crippen molar-refractivity contribution >= 4 is 21.7 Å². The number of amides is 2. The van der Waals surface area contributed by atoms with Crippen LogP contribution < -0.4 is 10.0 Å². The lowest BCUT2D eigenvalue weighted by atomic mass is 9.90. The van der Waals surface area contributed by atoms with Gasteiger partial charge in [0.05, 0.1) is 17.3 Å². The van der Waals surface area contributed by atoms with Gasteiger partial charge in [-0.1, -0.05) is 27.7 Å². The average Bonchev–Trinajstić information content (AvgIpc) is 3.04. The van der Waals surface area contributed by atoms with Gasteiger partial charge in [0, 0.05) is 18.8 Å². The number of aryl methyl sites for hydroxylation is 1. The summed E-state index contributed by atoms with van der Waals surface area (Å²) >= 11 is 0. The van der Waals surface area contributed by atoms with Crippen LogP contribution in [0.4, 0.5) is 10.5 Å². The van der Waals surface area contributed by atoms with Gasteiger partial charge in [-0.05, 0) is 48.9 Å². The summed E-state index contributed by atoms with van der Waals surface area (Å²) in [5.41, 5.74) is 1.39. The van der Waals surface area contributed by atoms with Gasteiger partial charge in [-0.2, -0.15) is 18.8 Å². The summed E-state index contributed by atoms with van der Waals surface area (Å²) in [6.07, 6.45) is 0. The highest BCUT2D eigenvalue weighted by molar-refractivity contribution is 7.90. The second kappa shape index (κ2) is 8.69. The van der Waals surface area contributed by atoms with Crippen molar-refractivity contribution in [2.45, 2.75) is 64.0 Å². The van der Waals surface area contributed by atoms with Crippen molar-refractivity contribution in [2.24, 2.45) is 7.05 Å². The van der Waals surface area contributed by atoms with E-state index in [9.17, 15) is 23.6 Å². The van der Waals surface area contributed by atoms with Crippen LogP contribution in [0.1, 0.15) is 75.8 Å². The molecule has 10 heteroatoms. The van der Waals surface area contributed by atoms with Crippen LogP contribution in [0.5, 0.6) is 0 Å². The van der Waals surface area contributed by atoms with Crippen molar-refractivity contribution in [1.82, 2.24) is 14.5 Å². The molecule has 0 radical (unpaired) electrons. The minimum atomic E-state index is -4.28. The number of nitriles is 1. The minimum absolute atomic E-state index is 0.0113. The van der Waals surface area contributed by atoms with Crippen molar-refractivity contribution in [3.05, 3.63) is 40.6 Å². The first-order chi connectivity index (χ1) is 14.2. The molecule has 1 aromatic carbocycles. The lowest BCUT2D eigenvalue weighted by Crippen LogP contribution is -2.35. The summed E-state index contributed by atoms with van der Waals surface area (Å²) in [5, 5.41) is 25.7.